The summed E-state index contributed by atoms with van der Waals surface area (Å²) in [5.74, 6) is 0.685. The summed E-state index contributed by atoms with van der Waals surface area (Å²) in [4.78, 5) is 4.07. The number of nitrogens with zero attached hydrogens (tertiary/aromatic N) is 2. The lowest BCUT2D eigenvalue weighted by atomic mass is 9.94. The molecule has 1 aromatic rings. The van der Waals surface area contributed by atoms with E-state index in [0.29, 0.717) is 25.2 Å². The molecule has 1 saturated heterocycles. The Hall–Kier alpha value is -0.980. The number of aromatic nitrogens is 2. The van der Waals surface area contributed by atoms with E-state index in [-0.39, 0.29) is 12.5 Å². The Labute approximate surface area is 87.3 Å². The number of rotatable bonds is 3. The third kappa shape index (κ3) is 2.17. The molecule has 1 aliphatic rings. The highest BCUT2D eigenvalue weighted by Gasteiger charge is 2.36. The number of aliphatic hydroxyl groups is 2. The van der Waals surface area contributed by atoms with Crippen LogP contribution in [0, 0.1) is 0 Å². The number of β-amino-alcohol motifs (C(OH)–C–C–N with tert-alkyl or cyclic N) is 1. The second kappa shape index (κ2) is 4.26. The molecule has 2 heterocycles. The number of piperidine rings is 1. The molecule has 2 rings (SSSR count). The average molecular weight is 213 g/mol. The Bertz CT molecular complexity index is 320. The van der Waals surface area contributed by atoms with E-state index in [9.17, 15) is 5.11 Å². The van der Waals surface area contributed by atoms with Gasteiger partial charge in [0.2, 0.25) is 0 Å². The van der Waals surface area contributed by atoms with Crippen LogP contribution in [0.25, 0.3) is 0 Å². The Morgan fingerprint density at radius 1 is 1.53 bits per heavy atom. The largest absolute Gasteiger partial charge is 0.396 e. The van der Waals surface area contributed by atoms with Gasteiger partial charge in [0.1, 0.15) is 0 Å². The Balaban J connectivity index is 2.12. The molecular weight excluding hydrogens is 198 g/mol. The van der Waals surface area contributed by atoms with E-state index in [1.807, 2.05) is 0 Å². The summed E-state index contributed by atoms with van der Waals surface area (Å²) in [5, 5.41) is 25.7. The Kier molecular flexibility index (Phi) is 2.99. The molecule has 6 heteroatoms. The maximum absolute atomic E-state index is 10.2. The monoisotopic (exact) mass is 213 g/mol. The fourth-order valence-corrected chi connectivity index (χ4v) is 1.72. The summed E-state index contributed by atoms with van der Waals surface area (Å²) in [5.41, 5.74) is -1.04. The predicted molar refractivity (Wildman–Crippen MR) is 51.1 cm³/mol. The molecule has 0 amide bonds. The SMILES string of the molecule is OCCc1noc(C2(O)CCCNC2)n1. The first-order valence-corrected chi connectivity index (χ1v) is 5.12. The van der Waals surface area contributed by atoms with Crippen LogP contribution < -0.4 is 5.32 Å². The molecule has 84 valence electrons. The van der Waals surface area contributed by atoms with Gasteiger partial charge in [0.25, 0.3) is 5.89 Å². The molecule has 3 N–H and O–H groups in total. The lowest BCUT2D eigenvalue weighted by molar-refractivity contribution is -0.0167. The normalized spacial score (nSPS) is 26.8. The van der Waals surface area contributed by atoms with Crippen LogP contribution in [0.15, 0.2) is 4.52 Å². The van der Waals surface area contributed by atoms with E-state index < -0.39 is 5.60 Å². The van der Waals surface area contributed by atoms with Crippen molar-refractivity contribution in [2.75, 3.05) is 19.7 Å². The fraction of sp³-hybridized carbons (Fsp3) is 0.778. The standard InChI is InChI=1S/C9H15N3O3/c13-5-2-7-11-8(15-12-7)9(14)3-1-4-10-6-9/h10,13-14H,1-6H2. The van der Waals surface area contributed by atoms with Gasteiger partial charge in [-0.25, -0.2) is 0 Å². The second-order valence-corrected chi connectivity index (χ2v) is 3.80. The highest BCUT2D eigenvalue weighted by Crippen LogP contribution is 2.26. The molecule has 0 spiro atoms. The minimum absolute atomic E-state index is 0.0182. The highest BCUT2D eigenvalue weighted by molar-refractivity contribution is 5.02. The summed E-state index contributed by atoms with van der Waals surface area (Å²) < 4.78 is 5.00. The van der Waals surface area contributed by atoms with E-state index in [0.717, 1.165) is 13.0 Å². The predicted octanol–water partition coefficient (Wildman–Crippen LogP) is -0.825. The first-order valence-electron chi connectivity index (χ1n) is 5.12. The number of nitrogens with one attached hydrogen (secondary N) is 1. The molecule has 0 aromatic carbocycles. The number of hydrogen-bond donors (Lipinski definition) is 3. The van der Waals surface area contributed by atoms with Crippen molar-refractivity contribution in [1.29, 1.82) is 0 Å². The van der Waals surface area contributed by atoms with Gasteiger partial charge in [-0.05, 0) is 19.4 Å². The van der Waals surface area contributed by atoms with E-state index >= 15 is 0 Å². The van der Waals surface area contributed by atoms with Crippen molar-refractivity contribution < 1.29 is 14.7 Å². The van der Waals surface area contributed by atoms with Crippen molar-refractivity contribution in [3.05, 3.63) is 11.7 Å². The van der Waals surface area contributed by atoms with Crippen LogP contribution in [0.5, 0.6) is 0 Å². The summed E-state index contributed by atoms with van der Waals surface area (Å²) in [7, 11) is 0. The lowest BCUT2D eigenvalue weighted by Crippen LogP contribution is -2.43. The van der Waals surface area contributed by atoms with Gasteiger partial charge in [0.15, 0.2) is 11.4 Å². The second-order valence-electron chi connectivity index (χ2n) is 3.80. The van der Waals surface area contributed by atoms with Crippen LogP contribution in [-0.2, 0) is 12.0 Å². The molecule has 0 saturated carbocycles. The molecule has 1 unspecified atom stereocenters. The van der Waals surface area contributed by atoms with Crippen molar-refractivity contribution in [1.82, 2.24) is 15.5 Å². The topological polar surface area (TPSA) is 91.4 Å². The summed E-state index contributed by atoms with van der Waals surface area (Å²) in [6.07, 6.45) is 1.86. The van der Waals surface area contributed by atoms with Gasteiger partial charge in [-0.3, -0.25) is 0 Å². The quantitative estimate of drug-likeness (QED) is 0.607. The highest BCUT2D eigenvalue weighted by atomic mass is 16.5. The molecule has 15 heavy (non-hydrogen) atoms. The molecule has 0 radical (unpaired) electrons. The van der Waals surface area contributed by atoms with E-state index in [1.54, 1.807) is 0 Å². The molecule has 6 nitrogen and oxygen atoms in total. The van der Waals surface area contributed by atoms with Gasteiger partial charge in [0, 0.05) is 13.0 Å². The molecule has 1 atom stereocenters. The fourth-order valence-electron chi connectivity index (χ4n) is 1.72. The first-order chi connectivity index (χ1) is 7.24. The maximum atomic E-state index is 10.2. The third-order valence-corrected chi connectivity index (χ3v) is 2.56. The Morgan fingerprint density at radius 2 is 2.40 bits per heavy atom. The van der Waals surface area contributed by atoms with Crippen molar-refractivity contribution in [2.24, 2.45) is 0 Å². The van der Waals surface area contributed by atoms with Crippen LogP contribution in [-0.4, -0.2) is 40.1 Å². The van der Waals surface area contributed by atoms with E-state index in [2.05, 4.69) is 15.5 Å². The van der Waals surface area contributed by atoms with Gasteiger partial charge in [-0.1, -0.05) is 5.16 Å². The Morgan fingerprint density at radius 3 is 3.07 bits per heavy atom. The van der Waals surface area contributed by atoms with Crippen LogP contribution in [0.1, 0.15) is 24.6 Å². The zero-order chi connectivity index (χ0) is 10.7. The average Bonchev–Trinajstić information content (AvgIpc) is 2.69. The van der Waals surface area contributed by atoms with Crippen molar-refractivity contribution in [3.63, 3.8) is 0 Å². The van der Waals surface area contributed by atoms with Gasteiger partial charge in [-0.15, -0.1) is 0 Å². The zero-order valence-electron chi connectivity index (χ0n) is 8.44. The van der Waals surface area contributed by atoms with E-state index in [1.165, 1.54) is 0 Å². The van der Waals surface area contributed by atoms with Gasteiger partial charge < -0.3 is 20.1 Å². The number of aliphatic hydroxyl groups excluding tert-OH is 1. The van der Waals surface area contributed by atoms with Crippen LogP contribution >= 0.6 is 0 Å². The van der Waals surface area contributed by atoms with Gasteiger partial charge in [-0.2, -0.15) is 4.98 Å². The van der Waals surface area contributed by atoms with Crippen LogP contribution in [0.3, 0.4) is 0 Å². The molecule has 1 aliphatic heterocycles. The molecular formula is C9H15N3O3. The minimum Gasteiger partial charge on any atom is -0.396 e. The smallest absolute Gasteiger partial charge is 0.259 e. The van der Waals surface area contributed by atoms with E-state index in [4.69, 9.17) is 9.63 Å². The zero-order valence-corrected chi connectivity index (χ0v) is 8.44. The van der Waals surface area contributed by atoms with Crippen LogP contribution in [0.4, 0.5) is 0 Å². The third-order valence-electron chi connectivity index (χ3n) is 2.56. The van der Waals surface area contributed by atoms with Crippen molar-refractivity contribution in [3.8, 4) is 0 Å². The molecule has 0 aliphatic carbocycles. The molecule has 1 fully saturated rings. The molecule has 1 aromatic heterocycles. The summed E-state index contributed by atoms with van der Waals surface area (Å²) >= 11 is 0. The van der Waals surface area contributed by atoms with Crippen LogP contribution in [0.2, 0.25) is 0 Å². The lowest BCUT2D eigenvalue weighted by Gasteiger charge is -2.28. The van der Waals surface area contributed by atoms with Gasteiger partial charge in [0.05, 0.1) is 6.61 Å². The van der Waals surface area contributed by atoms with Gasteiger partial charge >= 0.3 is 0 Å². The summed E-state index contributed by atoms with van der Waals surface area (Å²) in [6.45, 7) is 1.32. The van der Waals surface area contributed by atoms with Crippen molar-refractivity contribution >= 4 is 0 Å². The van der Waals surface area contributed by atoms with Crippen molar-refractivity contribution in [2.45, 2.75) is 24.9 Å². The number of hydrogen-bond acceptors (Lipinski definition) is 6. The maximum Gasteiger partial charge on any atom is 0.259 e. The first kappa shape index (κ1) is 10.5. The molecule has 0 bridgehead atoms. The summed E-state index contributed by atoms with van der Waals surface area (Å²) in [6, 6.07) is 0. The minimum atomic E-state index is -1.04.